The first-order valence-corrected chi connectivity index (χ1v) is 10.2. The van der Waals surface area contributed by atoms with Gasteiger partial charge in [-0.25, -0.2) is 4.98 Å². The number of carbonyl (C=O) groups is 1. The van der Waals surface area contributed by atoms with Gasteiger partial charge in [-0.05, 0) is 25.1 Å². The summed E-state index contributed by atoms with van der Waals surface area (Å²) in [7, 11) is 0. The number of halogens is 2. The zero-order valence-electron chi connectivity index (χ0n) is 14.8. The van der Waals surface area contributed by atoms with Crippen molar-refractivity contribution in [2.24, 2.45) is 10.7 Å². The third-order valence-corrected chi connectivity index (χ3v) is 6.53. The van der Waals surface area contributed by atoms with Crippen LogP contribution in [0.4, 0.5) is 0 Å². The Morgan fingerprint density at radius 1 is 1.26 bits per heavy atom. The Kier molecular flexibility index (Phi) is 4.97. The Hall–Kier alpha value is -1.89. The molecule has 0 fully saturated rings. The number of rotatable bonds is 2. The fourth-order valence-electron chi connectivity index (χ4n) is 3.40. The average Bonchev–Trinajstić information content (AvgIpc) is 3.04. The molecule has 2 aliphatic heterocycles. The highest BCUT2D eigenvalue weighted by Crippen LogP contribution is 2.29. The first-order valence-electron chi connectivity index (χ1n) is 8.67. The third kappa shape index (κ3) is 3.49. The quantitative estimate of drug-likeness (QED) is 0.801. The molecule has 0 bridgehead atoms. The lowest BCUT2D eigenvalue weighted by atomic mass is 9.96. The Bertz CT molecular complexity index is 996. The van der Waals surface area contributed by atoms with Crippen molar-refractivity contribution >= 4 is 46.2 Å². The normalized spacial score (nSPS) is 17.0. The lowest BCUT2D eigenvalue weighted by Crippen LogP contribution is -2.40. The standard InChI is InChI=1S/C19H18Cl2N4OS/c1-10-24-18-16(27-10)4-6-23-17(18)12-9-25(7-5-15(12)22)19(26)11-2-3-13(20)14(21)8-11/h2-3,8H,4-7,9,22H2,1H3. The van der Waals surface area contributed by atoms with Crippen molar-refractivity contribution in [3.63, 3.8) is 0 Å². The van der Waals surface area contributed by atoms with Crippen LogP contribution in [-0.4, -0.2) is 41.1 Å². The number of fused-ring (bicyclic) bond motifs is 1. The van der Waals surface area contributed by atoms with Crippen LogP contribution in [0.5, 0.6) is 0 Å². The largest absolute Gasteiger partial charge is 0.402 e. The highest BCUT2D eigenvalue weighted by molar-refractivity contribution is 7.11. The number of aromatic nitrogens is 1. The highest BCUT2D eigenvalue weighted by atomic mass is 35.5. The Morgan fingerprint density at radius 2 is 2.07 bits per heavy atom. The Labute approximate surface area is 171 Å². The van der Waals surface area contributed by atoms with Crippen LogP contribution in [-0.2, 0) is 6.42 Å². The maximum Gasteiger partial charge on any atom is 0.254 e. The molecule has 3 heterocycles. The number of amides is 1. The highest BCUT2D eigenvalue weighted by Gasteiger charge is 2.29. The number of aryl methyl sites for hydroxylation is 1. The van der Waals surface area contributed by atoms with E-state index in [0.29, 0.717) is 35.1 Å². The zero-order valence-corrected chi connectivity index (χ0v) is 17.1. The van der Waals surface area contributed by atoms with Crippen molar-refractivity contribution in [1.29, 1.82) is 0 Å². The van der Waals surface area contributed by atoms with Gasteiger partial charge in [0.05, 0.1) is 20.8 Å². The maximum absolute atomic E-state index is 13.0. The molecule has 0 saturated heterocycles. The first kappa shape index (κ1) is 18.5. The predicted octanol–water partition coefficient (Wildman–Crippen LogP) is 3.86. The second-order valence-corrected chi connectivity index (χ2v) is 8.70. The molecular formula is C19H18Cl2N4OS. The van der Waals surface area contributed by atoms with Crippen molar-refractivity contribution in [2.75, 3.05) is 19.6 Å². The second kappa shape index (κ2) is 7.26. The fourth-order valence-corrected chi connectivity index (χ4v) is 4.62. The minimum atomic E-state index is -0.0929. The number of nitrogens with zero attached hydrogens (tertiary/aromatic N) is 3. The van der Waals surface area contributed by atoms with Crippen LogP contribution in [0.25, 0.3) is 0 Å². The van der Waals surface area contributed by atoms with Gasteiger partial charge in [-0.3, -0.25) is 9.79 Å². The van der Waals surface area contributed by atoms with Crippen LogP contribution in [0.15, 0.2) is 34.5 Å². The van der Waals surface area contributed by atoms with E-state index in [1.54, 1.807) is 34.4 Å². The average molecular weight is 421 g/mol. The number of hydrogen-bond donors (Lipinski definition) is 1. The molecule has 0 unspecified atom stereocenters. The molecule has 4 rings (SSSR count). The molecule has 2 aliphatic rings. The van der Waals surface area contributed by atoms with E-state index in [2.05, 4.69) is 4.98 Å². The topological polar surface area (TPSA) is 71.6 Å². The minimum Gasteiger partial charge on any atom is -0.402 e. The zero-order chi connectivity index (χ0) is 19.1. The summed E-state index contributed by atoms with van der Waals surface area (Å²) in [5, 5.41) is 1.82. The molecule has 2 aromatic rings. The van der Waals surface area contributed by atoms with E-state index in [0.717, 1.165) is 40.6 Å². The van der Waals surface area contributed by atoms with Crippen LogP contribution in [0, 0.1) is 6.92 Å². The number of thiazole rings is 1. The summed E-state index contributed by atoms with van der Waals surface area (Å²) in [6.45, 7) is 3.70. The van der Waals surface area contributed by atoms with Gasteiger partial charge in [-0.2, -0.15) is 0 Å². The molecule has 0 atom stereocenters. The molecule has 1 amide bonds. The van der Waals surface area contributed by atoms with E-state index < -0.39 is 0 Å². The maximum atomic E-state index is 13.0. The molecule has 1 aromatic carbocycles. The summed E-state index contributed by atoms with van der Waals surface area (Å²) in [5.74, 6) is -0.0929. The van der Waals surface area contributed by atoms with Crippen LogP contribution in [0.2, 0.25) is 10.0 Å². The molecule has 1 aromatic heterocycles. The van der Waals surface area contributed by atoms with Gasteiger partial charge in [0, 0.05) is 54.2 Å². The van der Waals surface area contributed by atoms with Gasteiger partial charge in [-0.15, -0.1) is 11.3 Å². The fraction of sp³-hybridized carbons (Fsp3) is 0.316. The van der Waals surface area contributed by atoms with E-state index in [1.165, 1.54) is 4.88 Å². The van der Waals surface area contributed by atoms with Crippen LogP contribution in [0.3, 0.4) is 0 Å². The Morgan fingerprint density at radius 3 is 2.85 bits per heavy atom. The van der Waals surface area contributed by atoms with Gasteiger partial charge in [0.15, 0.2) is 0 Å². The van der Waals surface area contributed by atoms with E-state index in [1.807, 2.05) is 6.92 Å². The molecule has 0 aliphatic carbocycles. The lowest BCUT2D eigenvalue weighted by molar-refractivity contribution is 0.0766. The Balaban J connectivity index is 1.63. The molecule has 27 heavy (non-hydrogen) atoms. The molecular weight excluding hydrogens is 403 g/mol. The molecule has 2 N–H and O–H groups in total. The van der Waals surface area contributed by atoms with Gasteiger partial charge in [0.2, 0.25) is 0 Å². The monoisotopic (exact) mass is 420 g/mol. The number of carbonyl (C=O) groups excluding carboxylic acids is 1. The first-order chi connectivity index (χ1) is 12.9. The number of hydrogen-bond acceptors (Lipinski definition) is 5. The SMILES string of the molecule is Cc1nc2c(s1)CCN=C2C1=C(N)CCN(C(=O)c2ccc(Cl)c(Cl)c2)C1. The summed E-state index contributed by atoms with van der Waals surface area (Å²) in [6, 6.07) is 4.94. The van der Waals surface area contributed by atoms with Gasteiger partial charge < -0.3 is 10.6 Å². The number of aliphatic imine (C=N–C) groups is 1. The van der Waals surface area contributed by atoms with Crippen molar-refractivity contribution in [3.05, 3.63) is 60.7 Å². The second-order valence-electron chi connectivity index (χ2n) is 6.59. The van der Waals surface area contributed by atoms with Gasteiger partial charge in [0.1, 0.15) is 5.69 Å². The smallest absolute Gasteiger partial charge is 0.254 e. The molecule has 140 valence electrons. The molecule has 0 radical (unpaired) electrons. The van der Waals surface area contributed by atoms with E-state index in [-0.39, 0.29) is 5.91 Å². The van der Waals surface area contributed by atoms with Crippen molar-refractivity contribution in [2.45, 2.75) is 19.8 Å². The van der Waals surface area contributed by atoms with Gasteiger partial charge >= 0.3 is 0 Å². The van der Waals surface area contributed by atoms with E-state index in [9.17, 15) is 4.79 Å². The summed E-state index contributed by atoms with van der Waals surface area (Å²) in [4.78, 5) is 25.3. The van der Waals surface area contributed by atoms with Gasteiger partial charge in [-0.1, -0.05) is 23.2 Å². The molecule has 8 heteroatoms. The van der Waals surface area contributed by atoms with E-state index in [4.69, 9.17) is 33.9 Å². The number of nitrogens with two attached hydrogens (primary N) is 1. The summed E-state index contributed by atoms with van der Waals surface area (Å²) < 4.78 is 0. The lowest BCUT2D eigenvalue weighted by Gasteiger charge is -2.31. The van der Waals surface area contributed by atoms with Crippen molar-refractivity contribution in [3.8, 4) is 0 Å². The van der Waals surface area contributed by atoms with Crippen LogP contribution >= 0.6 is 34.5 Å². The molecule has 0 spiro atoms. The molecule has 0 saturated carbocycles. The summed E-state index contributed by atoms with van der Waals surface area (Å²) in [5.41, 5.74) is 10.3. The molecule has 5 nitrogen and oxygen atoms in total. The summed E-state index contributed by atoms with van der Waals surface area (Å²) in [6.07, 6.45) is 1.52. The van der Waals surface area contributed by atoms with Crippen LogP contribution < -0.4 is 5.73 Å². The minimum absolute atomic E-state index is 0.0929. The van der Waals surface area contributed by atoms with Crippen molar-refractivity contribution in [1.82, 2.24) is 9.88 Å². The summed E-state index contributed by atoms with van der Waals surface area (Å²) >= 11 is 13.7. The van der Waals surface area contributed by atoms with E-state index >= 15 is 0 Å². The van der Waals surface area contributed by atoms with Crippen LogP contribution in [0.1, 0.15) is 32.4 Å². The predicted molar refractivity (Wildman–Crippen MR) is 110 cm³/mol. The number of benzene rings is 1. The van der Waals surface area contributed by atoms with Gasteiger partial charge in [0.25, 0.3) is 5.91 Å². The van der Waals surface area contributed by atoms with Crippen molar-refractivity contribution < 1.29 is 4.79 Å². The third-order valence-electron chi connectivity index (χ3n) is 4.76.